The third-order valence-electron chi connectivity index (χ3n) is 2.20. The average molecular weight is 232 g/mol. The molecule has 0 saturated heterocycles. The van der Waals surface area contributed by atoms with Crippen LogP contribution in [0.3, 0.4) is 0 Å². The number of halogens is 3. The van der Waals surface area contributed by atoms with Crippen LogP contribution in [0.15, 0.2) is 24.3 Å². The van der Waals surface area contributed by atoms with Crippen LogP contribution in [0.2, 0.25) is 0 Å². The molecule has 0 radical (unpaired) electrons. The second-order valence-electron chi connectivity index (χ2n) is 3.53. The molecule has 0 spiro atoms. The zero-order valence-corrected chi connectivity index (χ0v) is 8.58. The molecule has 1 atom stereocenters. The van der Waals surface area contributed by atoms with Gasteiger partial charge in [0.15, 0.2) is 5.78 Å². The zero-order valence-electron chi connectivity index (χ0n) is 8.58. The Kier molecular flexibility index (Phi) is 3.70. The summed E-state index contributed by atoms with van der Waals surface area (Å²) < 4.78 is 37.1. The van der Waals surface area contributed by atoms with Crippen molar-refractivity contribution < 1.29 is 23.1 Å². The van der Waals surface area contributed by atoms with E-state index in [2.05, 4.69) is 0 Å². The molecule has 0 amide bonds. The van der Waals surface area contributed by atoms with Crippen molar-refractivity contribution in [2.45, 2.75) is 13.1 Å². The van der Waals surface area contributed by atoms with Gasteiger partial charge >= 0.3 is 6.18 Å². The molecular formula is C11H11F3O2. The lowest BCUT2D eigenvalue weighted by atomic mass is 9.98. The molecule has 0 heterocycles. The number of alkyl halides is 3. The summed E-state index contributed by atoms with van der Waals surface area (Å²) in [6.45, 7) is 1.08. The van der Waals surface area contributed by atoms with Gasteiger partial charge in [-0.25, -0.2) is 0 Å². The Balaban J connectivity index is 3.04. The van der Waals surface area contributed by atoms with E-state index in [0.717, 1.165) is 12.1 Å². The number of hydrogen-bond acceptors (Lipinski definition) is 2. The Labute approximate surface area is 90.7 Å². The second-order valence-corrected chi connectivity index (χ2v) is 3.53. The number of Topliss-reactive ketones (excluding diaryl/α,β-unsaturated/α-hetero) is 1. The van der Waals surface area contributed by atoms with Gasteiger partial charge in [-0.1, -0.05) is 19.1 Å². The highest BCUT2D eigenvalue weighted by atomic mass is 19.4. The Morgan fingerprint density at radius 1 is 1.44 bits per heavy atom. The third kappa shape index (κ3) is 2.82. The maximum Gasteiger partial charge on any atom is 0.416 e. The number of hydrogen-bond donors (Lipinski definition) is 1. The lowest BCUT2D eigenvalue weighted by Gasteiger charge is -2.10. The number of ketones is 1. The Morgan fingerprint density at radius 2 is 2.06 bits per heavy atom. The van der Waals surface area contributed by atoms with Crippen LogP contribution in [0.4, 0.5) is 13.2 Å². The highest BCUT2D eigenvalue weighted by Crippen LogP contribution is 2.29. The van der Waals surface area contributed by atoms with E-state index in [1.54, 1.807) is 0 Å². The van der Waals surface area contributed by atoms with Crippen LogP contribution in [-0.4, -0.2) is 17.5 Å². The van der Waals surface area contributed by atoms with Crippen molar-refractivity contribution in [3.63, 3.8) is 0 Å². The van der Waals surface area contributed by atoms with E-state index in [1.807, 2.05) is 0 Å². The van der Waals surface area contributed by atoms with Crippen LogP contribution in [0, 0.1) is 5.92 Å². The summed E-state index contributed by atoms with van der Waals surface area (Å²) in [6.07, 6.45) is -4.46. The highest BCUT2D eigenvalue weighted by molar-refractivity contribution is 5.97. The van der Waals surface area contributed by atoms with E-state index < -0.39 is 23.4 Å². The summed E-state index contributed by atoms with van der Waals surface area (Å²) in [5.74, 6) is -1.18. The van der Waals surface area contributed by atoms with Gasteiger partial charge in [-0.15, -0.1) is 0 Å². The van der Waals surface area contributed by atoms with Gasteiger partial charge in [0.2, 0.25) is 0 Å². The van der Waals surface area contributed by atoms with E-state index in [4.69, 9.17) is 5.11 Å². The summed E-state index contributed by atoms with van der Waals surface area (Å²) in [7, 11) is 0. The first-order valence-corrected chi connectivity index (χ1v) is 4.68. The lowest BCUT2D eigenvalue weighted by Crippen LogP contribution is -2.16. The van der Waals surface area contributed by atoms with Gasteiger partial charge in [0.25, 0.3) is 0 Å². The molecule has 2 nitrogen and oxygen atoms in total. The molecule has 5 heteroatoms. The molecule has 0 aliphatic rings. The van der Waals surface area contributed by atoms with E-state index in [1.165, 1.54) is 19.1 Å². The normalized spacial score (nSPS) is 13.6. The number of carbonyl (C=O) groups excluding carboxylic acids is 1. The second kappa shape index (κ2) is 4.65. The lowest BCUT2D eigenvalue weighted by molar-refractivity contribution is -0.137. The molecule has 1 rings (SSSR count). The maximum atomic E-state index is 12.4. The Hall–Kier alpha value is -1.36. The summed E-state index contributed by atoms with van der Waals surface area (Å²) >= 11 is 0. The minimum absolute atomic E-state index is 0.0311. The van der Waals surface area contributed by atoms with Gasteiger partial charge in [0, 0.05) is 11.5 Å². The molecule has 1 N–H and O–H groups in total. The van der Waals surface area contributed by atoms with Crippen LogP contribution in [0.1, 0.15) is 22.8 Å². The number of aliphatic hydroxyl groups excluding tert-OH is 1. The van der Waals surface area contributed by atoms with Crippen molar-refractivity contribution in [1.82, 2.24) is 0 Å². The maximum absolute atomic E-state index is 12.4. The predicted octanol–water partition coefficient (Wildman–Crippen LogP) is 2.52. The summed E-state index contributed by atoms with van der Waals surface area (Å²) in [6, 6.07) is 4.19. The quantitative estimate of drug-likeness (QED) is 0.813. The molecule has 88 valence electrons. The van der Waals surface area contributed by atoms with Gasteiger partial charge in [0.05, 0.1) is 12.2 Å². The predicted molar refractivity (Wildman–Crippen MR) is 52.0 cm³/mol. The third-order valence-corrected chi connectivity index (χ3v) is 2.20. The molecule has 0 saturated carbocycles. The number of rotatable bonds is 3. The zero-order chi connectivity index (χ0) is 12.3. The van der Waals surface area contributed by atoms with Gasteiger partial charge in [-0.05, 0) is 12.1 Å². The molecule has 0 aliphatic heterocycles. The van der Waals surface area contributed by atoms with Crippen LogP contribution in [0.5, 0.6) is 0 Å². The molecule has 16 heavy (non-hydrogen) atoms. The summed E-state index contributed by atoms with van der Waals surface area (Å²) in [5.41, 5.74) is -0.889. The summed E-state index contributed by atoms with van der Waals surface area (Å²) in [4.78, 5) is 11.5. The molecular weight excluding hydrogens is 221 g/mol. The van der Waals surface area contributed by atoms with Gasteiger partial charge in [-0.3, -0.25) is 4.79 Å². The fourth-order valence-electron chi connectivity index (χ4n) is 1.22. The van der Waals surface area contributed by atoms with Crippen molar-refractivity contribution >= 4 is 5.78 Å². The molecule has 0 fully saturated rings. The van der Waals surface area contributed by atoms with E-state index in [9.17, 15) is 18.0 Å². The first-order chi connectivity index (χ1) is 7.36. The molecule has 0 bridgehead atoms. The summed E-state index contributed by atoms with van der Waals surface area (Å²) in [5, 5.41) is 8.75. The van der Waals surface area contributed by atoms with Crippen molar-refractivity contribution in [2.75, 3.05) is 6.61 Å². The Bertz CT molecular complexity index is 385. The van der Waals surface area contributed by atoms with Crippen LogP contribution in [-0.2, 0) is 6.18 Å². The van der Waals surface area contributed by atoms with Crippen LogP contribution < -0.4 is 0 Å². The minimum atomic E-state index is -4.46. The first kappa shape index (κ1) is 12.7. The molecule has 1 aromatic rings. The topological polar surface area (TPSA) is 37.3 Å². The first-order valence-electron chi connectivity index (χ1n) is 4.68. The van der Waals surface area contributed by atoms with Crippen LogP contribution in [0.25, 0.3) is 0 Å². The van der Waals surface area contributed by atoms with E-state index >= 15 is 0 Å². The van der Waals surface area contributed by atoms with Gasteiger partial charge in [-0.2, -0.15) is 13.2 Å². The van der Waals surface area contributed by atoms with Crippen molar-refractivity contribution in [3.05, 3.63) is 35.4 Å². The average Bonchev–Trinajstić information content (AvgIpc) is 2.26. The van der Waals surface area contributed by atoms with Gasteiger partial charge < -0.3 is 5.11 Å². The largest absolute Gasteiger partial charge is 0.416 e. The SMILES string of the molecule is CC(CO)C(=O)c1cccc(C(F)(F)F)c1. The van der Waals surface area contributed by atoms with E-state index in [0.29, 0.717) is 0 Å². The highest BCUT2D eigenvalue weighted by Gasteiger charge is 2.31. The Morgan fingerprint density at radius 3 is 2.56 bits per heavy atom. The molecule has 0 aliphatic carbocycles. The molecule has 0 aromatic heterocycles. The number of benzene rings is 1. The number of carbonyl (C=O) groups is 1. The smallest absolute Gasteiger partial charge is 0.396 e. The van der Waals surface area contributed by atoms with Crippen molar-refractivity contribution in [2.24, 2.45) is 5.92 Å². The fraction of sp³-hybridized carbons (Fsp3) is 0.364. The van der Waals surface area contributed by atoms with Crippen molar-refractivity contribution in [1.29, 1.82) is 0 Å². The monoisotopic (exact) mass is 232 g/mol. The molecule has 1 aromatic carbocycles. The van der Waals surface area contributed by atoms with Crippen LogP contribution >= 0.6 is 0 Å². The van der Waals surface area contributed by atoms with Crippen molar-refractivity contribution in [3.8, 4) is 0 Å². The minimum Gasteiger partial charge on any atom is -0.396 e. The standard InChI is InChI=1S/C11H11F3O2/c1-7(6-15)10(16)8-3-2-4-9(5-8)11(12,13)14/h2-5,7,15H,6H2,1H3. The fourth-order valence-corrected chi connectivity index (χ4v) is 1.22. The molecule has 1 unspecified atom stereocenters. The number of aliphatic hydroxyl groups is 1. The van der Waals surface area contributed by atoms with E-state index in [-0.39, 0.29) is 12.2 Å². The van der Waals surface area contributed by atoms with Gasteiger partial charge in [0.1, 0.15) is 0 Å².